The van der Waals surface area contributed by atoms with Crippen molar-refractivity contribution >= 4 is 93.0 Å². The standard InChI is InChI=1S/C32H10Cl4F8N4O16/c1-5-17(37)11(28(48(60)61)23(43)18(5)38)31(52)64-3-7-14(34)10(26(46(56)57)24(44)20(7)40)30(51)63-4-8-16(36)22(42)27(47(58)59)12(19(8)39)32(53)62-2-6-13(33)9(29(49)50)25(45(54)55)21(41)15(6)35/h2-4H2,1H3,(H,49,50). The predicted octanol–water partition coefficient (Wildman–Crippen LogP) is 9.12. The minimum atomic E-state index is -2.60. The summed E-state index contributed by atoms with van der Waals surface area (Å²) >= 11 is 23.1. The Balaban J connectivity index is 1.76. The highest BCUT2D eigenvalue weighted by atomic mass is 35.5. The molecule has 0 radical (unpaired) electrons. The topological polar surface area (TPSA) is 289 Å². The van der Waals surface area contributed by atoms with Crippen molar-refractivity contribution < 1.29 is 93.3 Å². The van der Waals surface area contributed by atoms with Crippen LogP contribution in [0.4, 0.5) is 57.9 Å². The Labute approximate surface area is 363 Å². The number of benzene rings is 4. The summed E-state index contributed by atoms with van der Waals surface area (Å²) in [5, 5.41) is 49.5. The summed E-state index contributed by atoms with van der Waals surface area (Å²) in [5.41, 5.74) is -21.1. The van der Waals surface area contributed by atoms with Crippen LogP contribution in [0.1, 0.15) is 63.7 Å². The largest absolute Gasteiger partial charge is 0.477 e. The third-order valence-electron chi connectivity index (χ3n) is 8.28. The molecule has 4 aromatic rings. The Morgan fingerprint density at radius 1 is 0.453 bits per heavy atom. The first-order valence-corrected chi connectivity index (χ1v) is 17.2. The smallest absolute Gasteiger partial charge is 0.348 e. The number of hydrogen-bond acceptors (Lipinski definition) is 15. The number of aromatic carboxylic acids is 1. The fourth-order valence-electron chi connectivity index (χ4n) is 5.31. The zero-order chi connectivity index (χ0) is 48.7. The molecule has 20 nitrogen and oxygen atoms in total. The van der Waals surface area contributed by atoms with E-state index >= 15 is 17.6 Å². The number of halogens is 12. The van der Waals surface area contributed by atoms with Crippen molar-refractivity contribution in [1.82, 2.24) is 0 Å². The van der Waals surface area contributed by atoms with Crippen molar-refractivity contribution in [2.75, 3.05) is 0 Å². The Kier molecular flexibility index (Phi) is 14.5. The monoisotopic (exact) mass is 998 g/mol. The number of ether oxygens (including phenoxy) is 3. The van der Waals surface area contributed by atoms with E-state index in [1.54, 1.807) is 0 Å². The molecule has 4 rings (SSSR count). The van der Waals surface area contributed by atoms with Gasteiger partial charge in [-0.2, -0.15) is 17.6 Å². The van der Waals surface area contributed by atoms with Crippen molar-refractivity contribution in [2.45, 2.75) is 26.7 Å². The summed E-state index contributed by atoms with van der Waals surface area (Å²) < 4.78 is 133. The molecule has 0 atom stereocenters. The van der Waals surface area contributed by atoms with Gasteiger partial charge in [0.15, 0.2) is 45.5 Å². The number of rotatable bonds is 14. The Morgan fingerprint density at radius 2 is 0.766 bits per heavy atom. The molecule has 4 aromatic carbocycles. The fraction of sp³-hybridized carbons (Fsp3) is 0.125. The second-order valence-corrected chi connectivity index (χ2v) is 13.3. The maximum absolute atomic E-state index is 15.9. The number of hydrogen-bond donors (Lipinski definition) is 1. The van der Waals surface area contributed by atoms with Gasteiger partial charge in [0.05, 0.1) is 39.8 Å². The Bertz CT molecular complexity index is 2850. The average molecular weight is 1000 g/mol. The molecule has 0 aliphatic carbocycles. The van der Waals surface area contributed by atoms with Crippen molar-refractivity contribution in [2.24, 2.45) is 0 Å². The summed E-state index contributed by atoms with van der Waals surface area (Å²) in [7, 11) is 0. The molecule has 0 saturated carbocycles. The maximum Gasteiger partial charge on any atom is 0.348 e. The van der Waals surface area contributed by atoms with Crippen LogP contribution in [-0.4, -0.2) is 48.7 Å². The van der Waals surface area contributed by atoms with Gasteiger partial charge in [0.25, 0.3) is 0 Å². The van der Waals surface area contributed by atoms with E-state index in [1.165, 1.54) is 0 Å². The van der Waals surface area contributed by atoms with Crippen LogP contribution >= 0.6 is 46.4 Å². The molecule has 0 fully saturated rings. The number of esters is 3. The van der Waals surface area contributed by atoms with E-state index in [4.69, 9.17) is 46.4 Å². The molecule has 0 aliphatic rings. The molecule has 0 spiro atoms. The van der Waals surface area contributed by atoms with Gasteiger partial charge in [-0.05, 0) is 6.92 Å². The van der Waals surface area contributed by atoms with E-state index in [-0.39, 0.29) is 0 Å². The molecule has 32 heteroatoms. The van der Waals surface area contributed by atoms with Crippen LogP contribution in [0.2, 0.25) is 20.1 Å². The molecular formula is C32H10Cl4F8N4O16. The second-order valence-electron chi connectivity index (χ2n) is 11.8. The van der Waals surface area contributed by atoms with Gasteiger partial charge in [-0.3, -0.25) is 40.5 Å². The van der Waals surface area contributed by atoms with E-state index in [1.807, 2.05) is 0 Å². The molecule has 0 heterocycles. The highest BCUT2D eigenvalue weighted by Gasteiger charge is 2.41. The molecule has 338 valence electrons. The molecule has 0 aromatic heterocycles. The molecule has 0 bridgehead atoms. The lowest BCUT2D eigenvalue weighted by molar-refractivity contribution is -0.388. The maximum atomic E-state index is 15.9. The minimum absolute atomic E-state index is 0.519. The number of carbonyl (C=O) groups is 4. The van der Waals surface area contributed by atoms with Gasteiger partial charge < -0.3 is 19.3 Å². The summed E-state index contributed by atoms with van der Waals surface area (Å²) in [5.74, 6) is -27.3. The first kappa shape index (κ1) is 49.6. The summed E-state index contributed by atoms with van der Waals surface area (Å²) in [6, 6.07) is 0. The lowest BCUT2D eigenvalue weighted by Gasteiger charge is -2.15. The number of carbonyl (C=O) groups excluding carboxylic acids is 3. The van der Waals surface area contributed by atoms with Crippen molar-refractivity contribution in [3.63, 3.8) is 0 Å². The van der Waals surface area contributed by atoms with E-state index < -0.39 is 197 Å². The lowest BCUT2D eigenvalue weighted by Crippen LogP contribution is -2.18. The molecule has 1 N–H and O–H groups in total. The predicted molar refractivity (Wildman–Crippen MR) is 191 cm³/mol. The van der Waals surface area contributed by atoms with Gasteiger partial charge in [-0.25, -0.2) is 36.7 Å². The summed E-state index contributed by atoms with van der Waals surface area (Å²) in [6.45, 7) is -4.78. The summed E-state index contributed by atoms with van der Waals surface area (Å²) in [4.78, 5) is 89.7. The number of carboxylic acids is 1. The van der Waals surface area contributed by atoms with E-state index in [2.05, 4.69) is 14.2 Å². The lowest BCUT2D eigenvalue weighted by atomic mass is 10.1. The molecule has 0 amide bonds. The molecule has 0 saturated heterocycles. The third kappa shape index (κ3) is 8.66. The van der Waals surface area contributed by atoms with Gasteiger partial charge in [0.1, 0.15) is 19.8 Å². The average Bonchev–Trinajstić information content (AvgIpc) is 3.20. The van der Waals surface area contributed by atoms with Crippen LogP contribution < -0.4 is 0 Å². The number of nitro groups is 4. The van der Waals surface area contributed by atoms with Crippen molar-refractivity contribution in [1.29, 1.82) is 0 Å². The van der Waals surface area contributed by atoms with Crippen LogP contribution in [0.5, 0.6) is 0 Å². The number of carboxylic acid groups (broad SMARTS) is 1. The molecule has 0 aliphatic heterocycles. The van der Waals surface area contributed by atoms with Crippen LogP contribution in [0, 0.1) is 93.9 Å². The minimum Gasteiger partial charge on any atom is -0.477 e. The number of nitrogens with zero attached hydrogens (tertiary/aromatic N) is 4. The zero-order valence-corrected chi connectivity index (χ0v) is 33.0. The quantitative estimate of drug-likeness (QED) is 0.0307. The Morgan fingerprint density at radius 3 is 1.20 bits per heavy atom. The van der Waals surface area contributed by atoms with E-state index in [0.29, 0.717) is 6.92 Å². The van der Waals surface area contributed by atoms with Gasteiger partial charge in [0.2, 0.25) is 23.3 Å². The number of nitro benzene ring substituents is 4. The first-order valence-electron chi connectivity index (χ1n) is 15.7. The highest BCUT2D eigenvalue weighted by molar-refractivity contribution is 6.39. The van der Waals surface area contributed by atoms with Crippen molar-refractivity contribution in [3.05, 3.63) is 152 Å². The second kappa shape index (κ2) is 18.7. The van der Waals surface area contributed by atoms with E-state index in [0.717, 1.165) is 0 Å². The Hall–Kier alpha value is -7.04. The van der Waals surface area contributed by atoms with Crippen LogP contribution in [0.25, 0.3) is 0 Å². The van der Waals surface area contributed by atoms with E-state index in [9.17, 15) is 82.3 Å². The van der Waals surface area contributed by atoms with Gasteiger partial charge in [-0.1, -0.05) is 46.4 Å². The van der Waals surface area contributed by atoms with Crippen LogP contribution in [0.15, 0.2) is 0 Å². The van der Waals surface area contributed by atoms with Gasteiger partial charge >= 0.3 is 46.6 Å². The molecule has 64 heavy (non-hydrogen) atoms. The summed E-state index contributed by atoms with van der Waals surface area (Å²) in [6.07, 6.45) is 0. The molecule has 0 unspecified atom stereocenters. The van der Waals surface area contributed by atoms with Crippen LogP contribution in [-0.2, 0) is 34.0 Å². The zero-order valence-electron chi connectivity index (χ0n) is 30.0. The SMILES string of the molecule is Cc1c(F)c(F)c([N+](=O)[O-])c(C(=O)OCc2c(F)c(F)c([N+](=O)[O-])c(C(=O)OCc3c(F)c(C(=O)OCc4c(Cl)c(F)c([N+](=O)[O-])c(C(=O)O)c4Cl)c([N+](=O)[O-])c(F)c3Cl)c2Cl)c1F. The van der Waals surface area contributed by atoms with Gasteiger partial charge in [0, 0.05) is 22.3 Å². The third-order valence-corrected chi connectivity index (χ3v) is 9.90. The fourth-order valence-corrected chi connectivity index (χ4v) is 6.45. The normalized spacial score (nSPS) is 11.0. The van der Waals surface area contributed by atoms with Crippen LogP contribution in [0.3, 0.4) is 0 Å². The van der Waals surface area contributed by atoms with Gasteiger partial charge in [-0.15, -0.1) is 0 Å². The van der Waals surface area contributed by atoms with Crippen molar-refractivity contribution in [3.8, 4) is 0 Å². The molecular weight excluding hydrogens is 990 g/mol. The first-order chi connectivity index (χ1) is 29.6. The highest BCUT2D eigenvalue weighted by Crippen LogP contribution is 2.42.